The van der Waals surface area contributed by atoms with Gasteiger partial charge >= 0.3 is 0 Å². The Hall–Kier alpha value is -4.75. The first-order chi connectivity index (χ1) is 20.9. The molecule has 43 heavy (non-hydrogen) atoms. The highest BCUT2D eigenvalue weighted by Crippen LogP contribution is 2.38. The molecule has 0 radical (unpaired) electrons. The van der Waals surface area contributed by atoms with Crippen LogP contribution in [0, 0.1) is 5.82 Å². The number of nitrogens with one attached hydrogen (secondary N) is 3. The van der Waals surface area contributed by atoms with Crippen LogP contribution in [-0.2, 0) is 11.3 Å². The van der Waals surface area contributed by atoms with Crippen LogP contribution in [0.15, 0.2) is 97.1 Å². The van der Waals surface area contributed by atoms with E-state index in [0.29, 0.717) is 28.1 Å². The highest BCUT2D eigenvalue weighted by atomic mass is 19.1. The number of anilines is 2. The van der Waals surface area contributed by atoms with Gasteiger partial charge in [0, 0.05) is 29.0 Å². The predicted octanol–water partition coefficient (Wildman–Crippen LogP) is 7.24. The molecule has 0 spiro atoms. The Morgan fingerprint density at radius 3 is 2.33 bits per heavy atom. The maximum atomic E-state index is 13.4. The molecule has 3 N–H and O–H groups in total. The summed E-state index contributed by atoms with van der Waals surface area (Å²) in [7, 11) is 0. The Morgan fingerprint density at radius 2 is 1.60 bits per heavy atom. The van der Waals surface area contributed by atoms with Crippen molar-refractivity contribution < 1.29 is 14.0 Å². The predicted molar refractivity (Wildman–Crippen MR) is 170 cm³/mol. The lowest BCUT2D eigenvalue weighted by molar-refractivity contribution is -0.110. The van der Waals surface area contributed by atoms with Gasteiger partial charge in [-0.2, -0.15) is 0 Å². The number of rotatable bonds is 8. The average molecular weight is 575 g/mol. The number of carbonyl (C=O) groups excluding carboxylic acids is 2. The molecule has 0 saturated carbocycles. The van der Waals surface area contributed by atoms with Crippen molar-refractivity contribution in [1.29, 1.82) is 0 Å². The molecule has 0 aromatic heterocycles. The van der Waals surface area contributed by atoms with Gasteiger partial charge in [-0.15, -0.1) is 0 Å². The van der Waals surface area contributed by atoms with Gasteiger partial charge in [-0.1, -0.05) is 61.0 Å². The fraction of sp³-hybridized carbons (Fsp3) is 0.222. The van der Waals surface area contributed by atoms with Crippen LogP contribution >= 0.6 is 0 Å². The fourth-order valence-electron chi connectivity index (χ4n) is 5.77. The standard InChI is InChI=1S/C36H35FN4O2/c1-24(26-12-15-29(37)16-13-26)38-35(42)28-14-19-32-31(22-28)33(36(43)40-32)34(27-8-4-2-5-9-27)39-30-17-10-25(11-18-30)23-41-20-6-3-7-21-41/h2,4-5,8-19,22,24,39H,3,6-7,20-21,23H2,1H3,(H,38,42)(H,40,43)/b34-33-/t24-/m1/s1. The molecule has 1 fully saturated rings. The minimum Gasteiger partial charge on any atom is -0.354 e. The molecule has 0 unspecified atom stereocenters. The minimum atomic E-state index is -0.325. The molecule has 4 aromatic carbocycles. The van der Waals surface area contributed by atoms with Crippen LogP contribution < -0.4 is 16.0 Å². The third-order valence-corrected chi connectivity index (χ3v) is 8.13. The largest absolute Gasteiger partial charge is 0.354 e. The molecule has 1 atom stereocenters. The van der Waals surface area contributed by atoms with Crippen molar-refractivity contribution in [1.82, 2.24) is 10.2 Å². The van der Waals surface area contributed by atoms with Crippen molar-refractivity contribution in [3.63, 3.8) is 0 Å². The third kappa shape index (κ3) is 6.52. The molecule has 7 heteroatoms. The molecule has 2 amide bonds. The first-order valence-electron chi connectivity index (χ1n) is 14.8. The molecule has 2 aliphatic heterocycles. The molecule has 4 aromatic rings. The van der Waals surface area contributed by atoms with Crippen molar-refractivity contribution in [2.24, 2.45) is 0 Å². The van der Waals surface area contributed by atoms with Gasteiger partial charge in [-0.25, -0.2) is 4.39 Å². The number of fused-ring (bicyclic) bond motifs is 1. The maximum Gasteiger partial charge on any atom is 0.258 e. The Morgan fingerprint density at radius 1 is 0.884 bits per heavy atom. The van der Waals surface area contributed by atoms with E-state index >= 15 is 0 Å². The van der Waals surface area contributed by atoms with E-state index in [2.05, 4.69) is 45.1 Å². The van der Waals surface area contributed by atoms with Crippen molar-refractivity contribution in [3.05, 3.63) is 131 Å². The summed E-state index contributed by atoms with van der Waals surface area (Å²) in [5.41, 5.74) is 6.65. The van der Waals surface area contributed by atoms with E-state index in [1.54, 1.807) is 30.3 Å². The van der Waals surface area contributed by atoms with Gasteiger partial charge in [0.25, 0.3) is 11.8 Å². The number of benzene rings is 4. The average Bonchev–Trinajstić information content (AvgIpc) is 3.36. The topological polar surface area (TPSA) is 73.5 Å². The Balaban J connectivity index is 1.29. The lowest BCUT2D eigenvalue weighted by Crippen LogP contribution is -2.29. The molecule has 2 heterocycles. The van der Waals surface area contributed by atoms with Gasteiger partial charge in [0.05, 0.1) is 17.3 Å². The van der Waals surface area contributed by atoms with E-state index in [-0.39, 0.29) is 23.7 Å². The number of halogens is 1. The van der Waals surface area contributed by atoms with E-state index in [1.807, 2.05) is 37.3 Å². The molecule has 1 saturated heterocycles. The second-order valence-corrected chi connectivity index (χ2v) is 11.2. The number of hydrogen-bond donors (Lipinski definition) is 3. The van der Waals surface area contributed by atoms with Crippen molar-refractivity contribution in [3.8, 4) is 0 Å². The van der Waals surface area contributed by atoms with Crippen molar-refractivity contribution in [2.45, 2.75) is 38.8 Å². The maximum absolute atomic E-state index is 13.4. The number of hydrogen-bond acceptors (Lipinski definition) is 4. The molecular formula is C36H35FN4O2. The summed E-state index contributed by atoms with van der Waals surface area (Å²) in [4.78, 5) is 29.2. The first kappa shape index (κ1) is 28.4. The molecule has 6 nitrogen and oxygen atoms in total. The zero-order valence-corrected chi connectivity index (χ0v) is 24.2. The van der Waals surface area contributed by atoms with Gasteiger partial charge in [-0.3, -0.25) is 14.5 Å². The molecule has 6 rings (SSSR count). The van der Waals surface area contributed by atoms with Gasteiger partial charge < -0.3 is 16.0 Å². The van der Waals surface area contributed by atoms with E-state index in [0.717, 1.165) is 36.4 Å². The molecule has 0 aliphatic carbocycles. The summed E-state index contributed by atoms with van der Waals surface area (Å²) >= 11 is 0. The van der Waals surface area contributed by atoms with Crippen LogP contribution in [0.2, 0.25) is 0 Å². The Bertz CT molecular complexity index is 1640. The molecular weight excluding hydrogens is 539 g/mol. The summed E-state index contributed by atoms with van der Waals surface area (Å²) in [5.74, 6) is -0.842. The molecule has 2 aliphatic rings. The first-order valence-corrected chi connectivity index (χ1v) is 14.8. The van der Waals surface area contributed by atoms with E-state index < -0.39 is 0 Å². The number of amides is 2. The zero-order valence-electron chi connectivity index (χ0n) is 24.2. The Kier molecular flexibility index (Phi) is 8.34. The smallest absolute Gasteiger partial charge is 0.258 e. The van der Waals surface area contributed by atoms with Crippen molar-refractivity contribution in [2.75, 3.05) is 23.7 Å². The monoisotopic (exact) mass is 574 g/mol. The number of piperidine rings is 1. The van der Waals surface area contributed by atoms with E-state index in [1.165, 1.54) is 37.0 Å². The number of carbonyl (C=O) groups is 2. The summed E-state index contributed by atoms with van der Waals surface area (Å²) in [6.45, 7) is 5.07. The highest BCUT2D eigenvalue weighted by Gasteiger charge is 2.29. The van der Waals surface area contributed by atoms with Crippen LogP contribution in [0.1, 0.15) is 64.8 Å². The van der Waals surface area contributed by atoms with E-state index in [9.17, 15) is 14.0 Å². The lowest BCUT2D eigenvalue weighted by Gasteiger charge is -2.26. The van der Waals surface area contributed by atoms with Crippen LogP contribution in [0.4, 0.5) is 15.8 Å². The van der Waals surface area contributed by atoms with Crippen molar-refractivity contribution >= 4 is 34.5 Å². The van der Waals surface area contributed by atoms with E-state index in [4.69, 9.17) is 0 Å². The van der Waals surface area contributed by atoms with Crippen LogP contribution in [-0.4, -0.2) is 29.8 Å². The lowest BCUT2D eigenvalue weighted by atomic mass is 9.98. The van der Waals surface area contributed by atoms with Gasteiger partial charge in [-0.05, 0) is 92.0 Å². The Labute approximate surface area is 251 Å². The third-order valence-electron chi connectivity index (χ3n) is 8.13. The minimum absolute atomic E-state index is 0.236. The number of likely N-dealkylation sites (tertiary alicyclic amines) is 1. The van der Waals surface area contributed by atoms with Crippen LogP contribution in [0.25, 0.3) is 11.3 Å². The zero-order chi connectivity index (χ0) is 29.8. The summed E-state index contributed by atoms with van der Waals surface area (Å²) in [6, 6.07) is 29.1. The number of nitrogens with zero attached hydrogens (tertiary/aromatic N) is 1. The van der Waals surface area contributed by atoms with Gasteiger partial charge in [0.2, 0.25) is 0 Å². The fourth-order valence-corrected chi connectivity index (χ4v) is 5.77. The SMILES string of the molecule is C[C@@H](NC(=O)c1ccc2c(c1)/C(=C(/Nc1ccc(CN3CCCCC3)cc1)c1ccccc1)C(=O)N2)c1ccc(F)cc1. The highest BCUT2D eigenvalue weighted by molar-refractivity contribution is 6.37. The second kappa shape index (κ2) is 12.6. The van der Waals surface area contributed by atoms with Gasteiger partial charge in [0.1, 0.15) is 5.82 Å². The summed E-state index contributed by atoms with van der Waals surface area (Å²) in [6.07, 6.45) is 3.83. The second-order valence-electron chi connectivity index (χ2n) is 11.2. The van der Waals surface area contributed by atoms with Gasteiger partial charge in [0.15, 0.2) is 0 Å². The summed E-state index contributed by atoms with van der Waals surface area (Å²) in [5, 5.41) is 9.47. The molecule has 0 bridgehead atoms. The van der Waals surface area contributed by atoms with Crippen LogP contribution in [0.5, 0.6) is 0 Å². The summed E-state index contributed by atoms with van der Waals surface area (Å²) < 4.78 is 13.4. The normalized spacial score (nSPS) is 16.7. The molecule has 218 valence electrons. The van der Waals surface area contributed by atoms with Crippen LogP contribution in [0.3, 0.4) is 0 Å². The quantitative estimate of drug-likeness (QED) is 0.194.